The monoisotopic (exact) mass is 226 g/mol. The van der Waals surface area contributed by atoms with Crippen LogP contribution in [0, 0.1) is 0 Å². The Hall–Kier alpha value is -1.47. The summed E-state index contributed by atoms with van der Waals surface area (Å²) < 4.78 is 1.57. The van der Waals surface area contributed by atoms with Gasteiger partial charge >= 0.3 is 5.97 Å². The number of carboxylic acids is 1. The molecule has 0 aliphatic carbocycles. The van der Waals surface area contributed by atoms with Crippen LogP contribution in [0.15, 0.2) is 6.20 Å². The van der Waals surface area contributed by atoms with E-state index in [9.17, 15) is 9.90 Å². The van der Waals surface area contributed by atoms with Gasteiger partial charge in [-0.15, -0.1) is 5.10 Å². The van der Waals surface area contributed by atoms with Gasteiger partial charge in [0.05, 0.1) is 11.8 Å². The van der Waals surface area contributed by atoms with Crippen molar-refractivity contribution in [3.05, 3.63) is 11.9 Å². The average molecular weight is 226 g/mol. The predicted octanol–water partition coefficient (Wildman–Crippen LogP) is -1.17. The lowest BCUT2D eigenvalue weighted by atomic mass is 10.2. The molecule has 1 aliphatic heterocycles. The smallest absolute Gasteiger partial charge is 0.321 e. The van der Waals surface area contributed by atoms with Crippen molar-refractivity contribution in [3.8, 4) is 0 Å². The Labute approximate surface area is 92.3 Å². The van der Waals surface area contributed by atoms with Crippen molar-refractivity contribution in [3.63, 3.8) is 0 Å². The quantitative estimate of drug-likeness (QED) is 0.675. The molecule has 2 atom stereocenters. The van der Waals surface area contributed by atoms with E-state index in [2.05, 4.69) is 10.3 Å². The van der Waals surface area contributed by atoms with Gasteiger partial charge in [0, 0.05) is 32.8 Å². The highest BCUT2D eigenvalue weighted by Crippen LogP contribution is 2.19. The number of aryl methyl sites for hydroxylation is 1. The maximum absolute atomic E-state index is 11.0. The second-order valence-electron chi connectivity index (χ2n) is 4.06. The van der Waals surface area contributed by atoms with Gasteiger partial charge in [-0.1, -0.05) is 5.21 Å². The van der Waals surface area contributed by atoms with Crippen LogP contribution in [0.1, 0.15) is 12.1 Å². The summed E-state index contributed by atoms with van der Waals surface area (Å²) in [6, 6.07) is -0.628. The van der Waals surface area contributed by atoms with Gasteiger partial charge < -0.3 is 10.2 Å². The van der Waals surface area contributed by atoms with Gasteiger partial charge in [-0.3, -0.25) is 14.4 Å². The van der Waals surface area contributed by atoms with E-state index in [-0.39, 0.29) is 6.42 Å². The maximum Gasteiger partial charge on any atom is 0.321 e. The molecule has 0 spiro atoms. The van der Waals surface area contributed by atoms with Crippen molar-refractivity contribution >= 4 is 5.97 Å². The summed E-state index contributed by atoms with van der Waals surface area (Å²) in [6.07, 6.45) is 1.44. The van der Waals surface area contributed by atoms with Gasteiger partial charge in [0.25, 0.3) is 0 Å². The molecule has 2 heterocycles. The summed E-state index contributed by atoms with van der Waals surface area (Å²) in [6.45, 7) is 0.773. The van der Waals surface area contributed by atoms with Gasteiger partial charge in [-0.05, 0) is 0 Å². The third-order valence-corrected chi connectivity index (χ3v) is 2.68. The van der Waals surface area contributed by atoms with E-state index < -0.39 is 18.1 Å². The SMILES string of the molecule is Cn1cc(CN2CC(O)CC2C(=O)O)nn1. The summed E-state index contributed by atoms with van der Waals surface area (Å²) >= 11 is 0. The molecule has 1 aromatic heterocycles. The van der Waals surface area contributed by atoms with Crippen LogP contribution in [0.25, 0.3) is 0 Å². The van der Waals surface area contributed by atoms with Crippen LogP contribution in [-0.2, 0) is 18.4 Å². The normalized spacial score (nSPS) is 26.1. The molecule has 2 rings (SSSR count). The highest BCUT2D eigenvalue weighted by molar-refractivity contribution is 5.74. The fraction of sp³-hybridized carbons (Fsp3) is 0.667. The van der Waals surface area contributed by atoms with E-state index in [1.54, 1.807) is 22.8 Å². The minimum Gasteiger partial charge on any atom is -0.480 e. The minimum atomic E-state index is -0.902. The Kier molecular flexibility index (Phi) is 2.88. The molecule has 0 saturated carbocycles. The molecule has 7 nitrogen and oxygen atoms in total. The van der Waals surface area contributed by atoms with Crippen LogP contribution in [0.5, 0.6) is 0 Å². The molecule has 1 aliphatic rings. The summed E-state index contributed by atoms with van der Waals surface area (Å²) in [4.78, 5) is 12.7. The summed E-state index contributed by atoms with van der Waals surface area (Å²) in [5.41, 5.74) is 0.711. The third kappa shape index (κ3) is 2.20. The number of rotatable bonds is 3. The minimum absolute atomic E-state index is 0.273. The molecule has 1 saturated heterocycles. The second-order valence-corrected chi connectivity index (χ2v) is 4.06. The Balaban J connectivity index is 2.05. The lowest BCUT2D eigenvalue weighted by Gasteiger charge is -2.18. The maximum atomic E-state index is 11.0. The van der Waals surface area contributed by atoms with E-state index in [1.165, 1.54) is 0 Å². The first-order valence-corrected chi connectivity index (χ1v) is 5.06. The number of β-amino-alcohol motifs (C(OH)–C–C–N with tert-alkyl or cyclic N) is 1. The number of hydrogen-bond donors (Lipinski definition) is 2. The molecule has 16 heavy (non-hydrogen) atoms. The second kappa shape index (κ2) is 4.18. The van der Waals surface area contributed by atoms with Crippen molar-refractivity contribution < 1.29 is 15.0 Å². The van der Waals surface area contributed by atoms with E-state index in [0.29, 0.717) is 18.8 Å². The van der Waals surface area contributed by atoms with Gasteiger partial charge in [0.1, 0.15) is 6.04 Å². The Morgan fingerprint density at radius 1 is 1.69 bits per heavy atom. The van der Waals surface area contributed by atoms with Crippen LogP contribution in [0.2, 0.25) is 0 Å². The largest absolute Gasteiger partial charge is 0.480 e. The number of aliphatic hydroxyl groups is 1. The Morgan fingerprint density at radius 2 is 2.44 bits per heavy atom. The number of carbonyl (C=O) groups is 1. The first-order valence-electron chi connectivity index (χ1n) is 5.06. The molecule has 88 valence electrons. The molecule has 1 aromatic rings. The van der Waals surface area contributed by atoms with E-state index in [1.807, 2.05) is 0 Å². The molecule has 0 amide bonds. The fourth-order valence-corrected chi connectivity index (χ4v) is 1.99. The third-order valence-electron chi connectivity index (χ3n) is 2.68. The lowest BCUT2D eigenvalue weighted by molar-refractivity contribution is -0.142. The molecule has 0 radical (unpaired) electrons. The molecule has 0 bridgehead atoms. The highest BCUT2D eigenvalue weighted by atomic mass is 16.4. The zero-order valence-electron chi connectivity index (χ0n) is 8.94. The van der Waals surface area contributed by atoms with Crippen LogP contribution in [-0.4, -0.2) is 54.8 Å². The number of hydrogen-bond acceptors (Lipinski definition) is 5. The number of aliphatic carboxylic acids is 1. The molecular formula is C9H14N4O3. The van der Waals surface area contributed by atoms with Crippen molar-refractivity contribution in [1.82, 2.24) is 19.9 Å². The fourth-order valence-electron chi connectivity index (χ4n) is 1.99. The van der Waals surface area contributed by atoms with Crippen LogP contribution < -0.4 is 0 Å². The van der Waals surface area contributed by atoms with Crippen molar-refractivity contribution in [2.75, 3.05) is 6.54 Å². The molecular weight excluding hydrogens is 212 g/mol. The Morgan fingerprint density at radius 3 is 3.00 bits per heavy atom. The zero-order chi connectivity index (χ0) is 11.7. The topological polar surface area (TPSA) is 91.5 Å². The lowest BCUT2D eigenvalue weighted by Crippen LogP contribution is -2.35. The van der Waals surface area contributed by atoms with Gasteiger partial charge in [-0.25, -0.2) is 0 Å². The Bertz CT molecular complexity index is 392. The van der Waals surface area contributed by atoms with Gasteiger partial charge in [-0.2, -0.15) is 0 Å². The summed E-state index contributed by atoms with van der Waals surface area (Å²) in [5, 5.41) is 26.1. The summed E-state index contributed by atoms with van der Waals surface area (Å²) in [7, 11) is 1.75. The van der Waals surface area contributed by atoms with Crippen molar-refractivity contribution in [2.45, 2.75) is 25.1 Å². The molecule has 7 heteroatoms. The molecule has 2 unspecified atom stereocenters. The predicted molar refractivity (Wildman–Crippen MR) is 53.5 cm³/mol. The first-order chi connectivity index (χ1) is 7.56. The number of nitrogens with zero attached hydrogens (tertiary/aromatic N) is 4. The highest BCUT2D eigenvalue weighted by Gasteiger charge is 2.36. The van der Waals surface area contributed by atoms with Gasteiger partial charge in [0.15, 0.2) is 0 Å². The number of likely N-dealkylation sites (tertiary alicyclic amines) is 1. The van der Waals surface area contributed by atoms with E-state index in [4.69, 9.17) is 5.11 Å². The number of carboxylic acid groups (broad SMARTS) is 1. The molecule has 2 N–H and O–H groups in total. The number of aromatic nitrogens is 3. The van der Waals surface area contributed by atoms with Crippen molar-refractivity contribution in [2.24, 2.45) is 7.05 Å². The van der Waals surface area contributed by atoms with Gasteiger partial charge in [0.2, 0.25) is 0 Å². The van der Waals surface area contributed by atoms with E-state index in [0.717, 1.165) is 0 Å². The van der Waals surface area contributed by atoms with Crippen LogP contribution in [0.4, 0.5) is 0 Å². The van der Waals surface area contributed by atoms with Crippen molar-refractivity contribution in [1.29, 1.82) is 0 Å². The zero-order valence-corrected chi connectivity index (χ0v) is 8.94. The first kappa shape index (κ1) is 11.0. The molecule has 1 fully saturated rings. The van der Waals surface area contributed by atoms with E-state index >= 15 is 0 Å². The summed E-state index contributed by atoms with van der Waals surface area (Å²) in [5.74, 6) is -0.902. The number of aliphatic hydroxyl groups excluding tert-OH is 1. The van der Waals surface area contributed by atoms with Crippen LogP contribution >= 0.6 is 0 Å². The van der Waals surface area contributed by atoms with Crippen LogP contribution in [0.3, 0.4) is 0 Å². The molecule has 0 aromatic carbocycles. The standard InChI is InChI=1S/C9H14N4O3/c1-12-3-6(10-11-12)4-13-5-7(14)2-8(13)9(15)16/h3,7-8,14H,2,4-5H2,1H3,(H,15,16). The average Bonchev–Trinajstić information content (AvgIpc) is 2.74.